The Hall–Kier alpha value is -1.52. The first-order chi connectivity index (χ1) is 12.9. The molecule has 2 N–H and O–H groups in total. The van der Waals surface area contributed by atoms with E-state index in [-0.39, 0.29) is 10.8 Å². The van der Waals surface area contributed by atoms with Crippen LogP contribution < -0.4 is 10.6 Å². The molecule has 0 saturated carbocycles. The number of anilines is 1. The molecule has 1 amide bonds. The zero-order valence-electron chi connectivity index (χ0n) is 15.9. The van der Waals surface area contributed by atoms with Gasteiger partial charge in [0.25, 0.3) is 5.91 Å². The summed E-state index contributed by atoms with van der Waals surface area (Å²) in [4.78, 5) is 15.1. The van der Waals surface area contributed by atoms with Crippen LogP contribution in [-0.4, -0.2) is 82.6 Å². The molecule has 1 aromatic carbocycles. The Morgan fingerprint density at radius 2 is 1.85 bits per heavy atom. The average molecular weight is 397 g/mol. The molecule has 9 heteroatoms. The van der Waals surface area contributed by atoms with Gasteiger partial charge in [-0.05, 0) is 51.2 Å². The van der Waals surface area contributed by atoms with Gasteiger partial charge in [0.15, 0.2) is 0 Å². The van der Waals surface area contributed by atoms with E-state index in [1.165, 1.54) is 10.4 Å². The van der Waals surface area contributed by atoms with E-state index < -0.39 is 15.6 Å². The summed E-state index contributed by atoms with van der Waals surface area (Å²) in [6.45, 7) is 3.77. The molecule has 0 atom stereocenters. The minimum absolute atomic E-state index is 0.196. The number of carbonyl (C=O) groups is 1. The summed E-state index contributed by atoms with van der Waals surface area (Å²) < 4.78 is 32.9. The molecule has 2 aliphatic rings. The molecular formula is C18H28N4O4S. The predicted molar refractivity (Wildman–Crippen MR) is 103 cm³/mol. The number of carbonyl (C=O) groups excluding carboxylic acids is 1. The van der Waals surface area contributed by atoms with E-state index in [0.717, 1.165) is 0 Å². The number of likely N-dealkylation sites (N-methyl/N-ethyl adjacent to an activating group) is 1. The highest BCUT2D eigenvalue weighted by Gasteiger charge is 2.39. The van der Waals surface area contributed by atoms with Gasteiger partial charge in [0.05, 0.1) is 4.90 Å². The minimum Gasteiger partial charge on any atom is -0.368 e. The fourth-order valence-corrected chi connectivity index (χ4v) is 4.98. The van der Waals surface area contributed by atoms with Gasteiger partial charge < -0.3 is 20.3 Å². The topological polar surface area (TPSA) is 91.0 Å². The standard InChI is InChI=1S/C18H28N4O4S/c1-21-10-12-22(13-11-21)27(24,25)16-5-3-4-15(14-16)20-17(23)18(26-2)6-8-19-9-7-18/h3-5,14,19H,6-13H2,1-2H3,(H,20,23). The zero-order chi connectivity index (χ0) is 19.5. The molecule has 1 aromatic rings. The average Bonchev–Trinajstić information content (AvgIpc) is 2.69. The maximum Gasteiger partial charge on any atom is 0.256 e. The molecule has 0 aromatic heterocycles. The zero-order valence-corrected chi connectivity index (χ0v) is 16.7. The van der Waals surface area contributed by atoms with Crippen molar-refractivity contribution >= 4 is 21.6 Å². The van der Waals surface area contributed by atoms with E-state index in [2.05, 4.69) is 15.5 Å². The van der Waals surface area contributed by atoms with Gasteiger partial charge in [-0.1, -0.05) is 6.07 Å². The van der Waals surface area contributed by atoms with Crippen LogP contribution in [0.2, 0.25) is 0 Å². The number of piperazine rings is 1. The van der Waals surface area contributed by atoms with Gasteiger partial charge in [-0.2, -0.15) is 4.31 Å². The highest BCUT2D eigenvalue weighted by molar-refractivity contribution is 7.89. The molecule has 0 aliphatic carbocycles. The molecule has 0 unspecified atom stereocenters. The van der Waals surface area contributed by atoms with Gasteiger partial charge in [-0.15, -0.1) is 0 Å². The fourth-order valence-electron chi connectivity index (χ4n) is 3.51. The van der Waals surface area contributed by atoms with Crippen molar-refractivity contribution in [1.29, 1.82) is 0 Å². The van der Waals surface area contributed by atoms with Crippen molar-refractivity contribution in [3.8, 4) is 0 Å². The lowest BCUT2D eigenvalue weighted by Gasteiger charge is -2.34. The number of piperidine rings is 1. The van der Waals surface area contributed by atoms with Gasteiger partial charge in [0.1, 0.15) is 5.60 Å². The van der Waals surface area contributed by atoms with Gasteiger partial charge >= 0.3 is 0 Å². The molecule has 2 aliphatic heterocycles. The number of rotatable bonds is 5. The van der Waals surface area contributed by atoms with E-state index in [0.29, 0.717) is 57.8 Å². The van der Waals surface area contributed by atoms with Crippen molar-refractivity contribution < 1.29 is 17.9 Å². The summed E-state index contributed by atoms with van der Waals surface area (Å²) in [5, 5.41) is 6.06. The molecule has 150 valence electrons. The minimum atomic E-state index is -3.58. The number of ether oxygens (including phenoxy) is 1. The monoisotopic (exact) mass is 396 g/mol. The quantitative estimate of drug-likeness (QED) is 0.745. The molecule has 2 saturated heterocycles. The van der Waals surface area contributed by atoms with Crippen molar-refractivity contribution in [2.24, 2.45) is 0 Å². The number of methoxy groups -OCH3 is 1. The lowest BCUT2D eigenvalue weighted by atomic mass is 9.91. The second kappa shape index (κ2) is 8.24. The highest BCUT2D eigenvalue weighted by atomic mass is 32.2. The third kappa shape index (κ3) is 4.33. The van der Waals surface area contributed by atoms with Crippen molar-refractivity contribution in [1.82, 2.24) is 14.5 Å². The predicted octanol–water partition coefficient (Wildman–Crippen LogP) is 0.330. The van der Waals surface area contributed by atoms with Crippen LogP contribution in [0.5, 0.6) is 0 Å². The molecule has 2 heterocycles. The van der Waals surface area contributed by atoms with Crippen LogP contribution in [0.4, 0.5) is 5.69 Å². The van der Waals surface area contributed by atoms with Crippen LogP contribution in [0.3, 0.4) is 0 Å². The van der Waals surface area contributed by atoms with E-state index in [1.54, 1.807) is 25.3 Å². The third-order valence-electron chi connectivity index (χ3n) is 5.41. The Morgan fingerprint density at radius 3 is 2.48 bits per heavy atom. The molecule has 0 bridgehead atoms. The summed E-state index contributed by atoms with van der Waals surface area (Å²) in [7, 11) is -0.0558. The van der Waals surface area contributed by atoms with Crippen LogP contribution in [0.15, 0.2) is 29.2 Å². The smallest absolute Gasteiger partial charge is 0.256 e. The number of nitrogens with one attached hydrogen (secondary N) is 2. The number of hydrogen-bond acceptors (Lipinski definition) is 6. The van der Waals surface area contributed by atoms with Gasteiger partial charge in [0, 0.05) is 39.0 Å². The molecule has 0 spiro atoms. The third-order valence-corrected chi connectivity index (χ3v) is 7.30. The van der Waals surface area contributed by atoms with Crippen LogP contribution in [0, 0.1) is 0 Å². The SMILES string of the molecule is COC1(C(=O)Nc2cccc(S(=O)(=O)N3CCN(C)CC3)c2)CCNCC1. The van der Waals surface area contributed by atoms with Crippen LogP contribution in [0.1, 0.15) is 12.8 Å². The molecule has 8 nitrogen and oxygen atoms in total. The Labute approximate surface area is 160 Å². The van der Waals surface area contributed by atoms with E-state index in [1.807, 2.05) is 7.05 Å². The summed E-state index contributed by atoms with van der Waals surface area (Å²) in [5.74, 6) is -0.236. The summed E-state index contributed by atoms with van der Waals surface area (Å²) in [6.07, 6.45) is 1.16. The number of hydrogen-bond donors (Lipinski definition) is 2. The summed E-state index contributed by atoms with van der Waals surface area (Å²) >= 11 is 0. The second-order valence-electron chi connectivity index (χ2n) is 7.14. The van der Waals surface area contributed by atoms with Crippen LogP contribution in [-0.2, 0) is 19.6 Å². The number of amides is 1. The maximum absolute atomic E-state index is 12.9. The second-order valence-corrected chi connectivity index (χ2v) is 9.08. The fraction of sp³-hybridized carbons (Fsp3) is 0.611. The number of sulfonamides is 1. The molecule has 3 rings (SSSR count). The van der Waals surface area contributed by atoms with Crippen LogP contribution >= 0.6 is 0 Å². The maximum atomic E-state index is 12.9. The lowest BCUT2D eigenvalue weighted by Crippen LogP contribution is -2.51. The van der Waals surface area contributed by atoms with Crippen molar-refractivity contribution in [3.05, 3.63) is 24.3 Å². The Morgan fingerprint density at radius 1 is 1.19 bits per heavy atom. The molecule has 2 fully saturated rings. The largest absolute Gasteiger partial charge is 0.368 e. The van der Waals surface area contributed by atoms with Crippen molar-refractivity contribution in [2.45, 2.75) is 23.3 Å². The van der Waals surface area contributed by atoms with Gasteiger partial charge in [-0.25, -0.2) is 8.42 Å². The molecule has 0 radical (unpaired) electrons. The molecular weight excluding hydrogens is 368 g/mol. The van der Waals surface area contributed by atoms with Crippen molar-refractivity contribution in [3.63, 3.8) is 0 Å². The summed E-state index contributed by atoms with van der Waals surface area (Å²) in [6, 6.07) is 6.45. The van der Waals surface area contributed by atoms with Crippen LogP contribution in [0.25, 0.3) is 0 Å². The summed E-state index contributed by atoms with van der Waals surface area (Å²) in [5.41, 5.74) is -0.414. The van der Waals surface area contributed by atoms with Gasteiger partial charge in [0.2, 0.25) is 10.0 Å². The van der Waals surface area contributed by atoms with Gasteiger partial charge in [-0.3, -0.25) is 4.79 Å². The number of nitrogens with zero attached hydrogens (tertiary/aromatic N) is 2. The highest BCUT2D eigenvalue weighted by Crippen LogP contribution is 2.26. The first-order valence-electron chi connectivity index (χ1n) is 9.23. The van der Waals surface area contributed by atoms with Crippen molar-refractivity contribution in [2.75, 3.05) is 58.7 Å². The Balaban J connectivity index is 1.76. The Kier molecular flexibility index (Phi) is 6.17. The molecule has 27 heavy (non-hydrogen) atoms. The normalized spacial score (nSPS) is 21.7. The number of benzene rings is 1. The lowest BCUT2D eigenvalue weighted by molar-refractivity contribution is -0.140. The van der Waals surface area contributed by atoms with E-state index in [4.69, 9.17) is 4.74 Å². The Bertz CT molecular complexity index is 769. The van der Waals surface area contributed by atoms with E-state index >= 15 is 0 Å². The van der Waals surface area contributed by atoms with E-state index in [9.17, 15) is 13.2 Å². The first-order valence-corrected chi connectivity index (χ1v) is 10.7. The first kappa shape index (κ1) is 20.2.